The van der Waals surface area contributed by atoms with Crippen molar-refractivity contribution in [2.45, 2.75) is 24.2 Å². The van der Waals surface area contributed by atoms with Crippen LogP contribution in [0.5, 0.6) is 5.75 Å². The third kappa shape index (κ3) is 5.95. The van der Waals surface area contributed by atoms with Crippen LogP contribution in [0.1, 0.15) is 12.6 Å². The van der Waals surface area contributed by atoms with Crippen molar-refractivity contribution in [2.75, 3.05) is 23.3 Å². The lowest BCUT2D eigenvalue weighted by molar-refractivity contribution is -0.155. The largest absolute Gasteiger partial charge is 0.482 e. The van der Waals surface area contributed by atoms with Gasteiger partial charge in [-0.15, -0.1) is 11.3 Å². The van der Waals surface area contributed by atoms with Gasteiger partial charge in [0.1, 0.15) is 15.6 Å². The second kappa shape index (κ2) is 11.8. The molecule has 0 bridgehead atoms. The summed E-state index contributed by atoms with van der Waals surface area (Å²) in [6.07, 6.45) is -1.20. The monoisotopic (exact) mass is 584 g/mol. The molecule has 4 aromatic rings. The number of carbonyl (C=O) groups excluding carboxylic acids is 2. The standard InChI is InChI=1S/C27H28N4O7S2/c1-18-25(27(34)31(29(18)3)21-9-6-5-7-10-21)28-26(33)19(2)38-23(32)17-37-22-14-12-20(13-15-22)30(4)40(35,36)24-11-8-16-39-24/h5-16,19H,17H2,1-4H3,(H,28,33). The summed E-state index contributed by atoms with van der Waals surface area (Å²) >= 11 is 1.12. The summed E-state index contributed by atoms with van der Waals surface area (Å²) in [7, 11) is -0.527. The Morgan fingerprint density at radius 2 is 1.73 bits per heavy atom. The fraction of sp³-hybridized carbons (Fsp3) is 0.222. The molecule has 0 aliphatic carbocycles. The zero-order chi connectivity index (χ0) is 29.0. The SMILES string of the molecule is Cc1c(NC(=O)C(C)OC(=O)COc2ccc(N(C)S(=O)(=O)c3cccs3)cc2)c(=O)n(-c2ccccc2)n1C. The van der Waals surface area contributed by atoms with E-state index in [0.717, 1.165) is 15.6 Å². The van der Waals surface area contributed by atoms with Crippen LogP contribution in [-0.4, -0.2) is 49.4 Å². The van der Waals surface area contributed by atoms with Gasteiger partial charge in [-0.05, 0) is 61.7 Å². The molecule has 2 aromatic carbocycles. The number of benzene rings is 2. The van der Waals surface area contributed by atoms with Gasteiger partial charge in [-0.2, -0.15) is 0 Å². The summed E-state index contributed by atoms with van der Waals surface area (Å²) < 4.78 is 40.4. The molecule has 2 aromatic heterocycles. The van der Waals surface area contributed by atoms with E-state index in [-0.39, 0.29) is 9.90 Å². The van der Waals surface area contributed by atoms with Gasteiger partial charge in [0.25, 0.3) is 21.5 Å². The number of amides is 1. The van der Waals surface area contributed by atoms with E-state index in [1.165, 1.54) is 36.9 Å². The number of rotatable bonds is 10. The number of sulfonamides is 1. The Kier molecular flexibility index (Phi) is 8.45. The zero-order valence-electron chi connectivity index (χ0n) is 22.2. The van der Waals surface area contributed by atoms with Crippen LogP contribution in [0, 0.1) is 6.92 Å². The number of thiophene rings is 1. The summed E-state index contributed by atoms with van der Waals surface area (Å²) in [5.41, 5.74) is 1.25. The third-order valence-electron chi connectivity index (χ3n) is 6.15. The van der Waals surface area contributed by atoms with Gasteiger partial charge >= 0.3 is 5.97 Å². The Hall–Kier alpha value is -4.36. The lowest BCUT2D eigenvalue weighted by atomic mass is 10.3. The molecule has 2 heterocycles. The van der Waals surface area contributed by atoms with Gasteiger partial charge in [-0.25, -0.2) is 17.9 Å². The minimum atomic E-state index is -3.68. The van der Waals surface area contributed by atoms with Gasteiger partial charge in [-0.3, -0.25) is 18.6 Å². The maximum absolute atomic E-state index is 13.0. The lowest BCUT2D eigenvalue weighted by Crippen LogP contribution is -2.33. The number of para-hydroxylation sites is 1. The van der Waals surface area contributed by atoms with E-state index in [1.807, 2.05) is 6.07 Å². The minimum absolute atomic E-state index is 0.0849. The Labute approximate surface area is 235 Å². The van der Waals surface area contributed by atoms with Crippen LogP contribution in [0.25, 0.3) is 5.69 Å². The van der Waals surface area contributed by atoms with E-state index in [1.54, 1.807) is 66.5 Å². The molecule has 4 rings (SSSR count). The van der Waals surface area contributed by atoms with Crippen molar-refractivity contribution in [3.05, 3.63) is 88.2 Å². The molecule has 0 radical (unpaired) electrons. The number of carbonyl (C=O) groups is 2. The number of nitrogens with zero attached hydrogens (tertiary/aromatic N) is 3. The van der Waals surface area contributed by atoms with E-state index >= 15 is 0 Å². The molecular formula is C27H28N4O7S2. The molecule has 0 aliphatic rings. The molecule has 11 nitrogen and oxygen atoms in total. The Morgan fingerprint density at radius 1 is 1.05 bits per heavy atom. The Balaban J connectivity index is 1.33. The first-order valence-corrected chi connectivity index (χ1v) is 14.4. The highest BCUT2D eigenvalue weighted by Gasteiger charge is 2.24. The van der Waals surface area contributed by atoms with Crippen molar-refractivity contribution < 1.29 is 27.5 Å². The predicted octanol–water partition coefficient (Wildman–Crippen LogP) is 3.32. The van der Waals surface area contributed by atoms with E-state index in [9.17, 15) is 22.8 Å². The first-order chi connectivity index (χ1) is 19.0. The molecule has 0 saturated heterocycles. The Morgan fingerprint density at radius 3 is 2.35 bits per heavy atom. The molecule has 0 aliphatic heterocycles. The van der Waals surface area contributed by atoms with Crippen LogP contribution in [0.3, 0.4) is 0 Å². The molecule has 1 N–H and O–H groups in total. The van der Waals surface area contributed by atoms with E-state index in [4.69, 9.17) is 9.47 Å². The number of hydrogen-bond acceptors (Lipinski definition) is 8. The summed E-state index contributed by atoms with van der Waals surface area (Å²) in [6, 6.07) is 18.3. The van der Waals surface area contributed by atoms with Crippen molar-refractivity contribution in [2.24, 2.45) is 7.05 Å². The second-order valence-corrected chi connectivity index (χ2v) is 11.9. The topological polar surface area (TPSA) is 129 Å². The number of ether oxygens (including phenoxy) is 2. The van der Waals surface area contributed by atoms with Crippen LogP contribution in [-0.2, 0) is 31.4 Å². The Bertz CT molecular complexity index is 1660. The highest BCUT2D eigenvalue weighted by Crippen LogP contribution is 2.26. The van der Waals surface area contributed by atoms with Crippen molar-refractivity contribution in [3.63, 3.8) is 0 Å². The molecule has 40 heavy (non-hydrogen) atoms. The average Bonchev–Trinajstić information content (AvgIpc) is 3.57. The first kappa shape index (κ1) is 28.6. The number of anilines is 2. The highest BCUT2D eigenvalue weighted by molar-refractivity contribution is 7.94. The molecule has 13 heteroatoms. The number of esters is 1. The van der Waals surface area contributed by atoms with Gasteiger partial charge in [0.2, 0.25) is 0 Å². The fourth-order valence-electron chi connectivity index (χ4n) is 3.80. The first-order valence-electron chi connectivity index (χ1n) is 12.1. The fourth-order valence-corrected chi connectivity index (χ4v) is 6.16. The summed E-state index contributed by atoms with van der Waals surface area (Å²) in [5.74, 6) is -1.16. The molecule has 0 saturated carbocycles. The van der Waals surface area contributed by atoms with Crippen molar-refractivity contribution in [1.29, 1.82) is 0 Å². The van der Waals surface area contributed by atoms with Gasteiger partial charge in [0.15, 0.2) is 12.7 Å². The number of aromatic nitrogens is 2. The smallest absolute Gasteiger partial charge is 0.344 e. The maximum Gasteiger partial charge on any atom is 0.344 e. The number of hydrogen-bond donors (Lipinski definition) is 1. The van der Waals surface area contributed by atoms with Crippen LogP contribution >= 0.6 is 11.3 Å². The molecule has 1 amide bonds. The second-order valence-electron chi connectivity index (χ2n) is 8.75. The normalized spacial score (nSPS) is 12.0. The van der Waals surface area contributed by atoms with Crippen LogP contribution in [0.2, 0.25) is 0 Å². The van der Waals surface area contributed by atoms with Gasteiger partial charge in [0.05, 0.1) is 17.1 Å². The van der Waals surface area contributed by atoms with E-state index < -0.39 is 40.2 Å². The van der Waals surface area contributed by atoms with E-state index in [0.29, 0.717) is 22.8 Å². The maximum atomic E-state index is 13.0. The van der Waals surface area contributed by atoms with Crippen molar-refractivity contribution in [3.8, 4) is 11.4 Å². The molecule has 210 valence electrons. The quantitative estimate of drug-likeness (QED) is 0.283. The molecule has 1 atom stereocenters. The minimum Gasteiger partial charge on any atom is -0.482 e. The highest BCUT2D eigenvalue weighted by atomic mass is 32.2. The lowest BCUT2D eigenvalue weighted by Gasteiger charge is -2.18. The van der Waals surface area contributed by atoms with E-state index in [2.05, 4.69) is 5.32 Å². The zero-order valence-corrected chi connectivity index (χ0v) is 23.9. The van der Waals surface area contributed by atoms with Gasteiger partial charge in [-0.1, -0.05) is 24.3 Å². The molecular weight excluding hydrogens is 556 g/mol. The van der Waals surface area contributed by atoms with Gasteiger partial charge in [0, 0.05) is 14.1 Å². The number of nitrogens with one attached hydrogen (secondary N) is 1. The summed E-state index contributed by atoms with van der Waals surface area (Å²) in [5, 5.41) is 4.25. The van der Waals surface area contributed by atoms with Crippen LogP contribution in [0.4, 0.5) is 11.4 Å². The third-order valence-corrected chi connectivity index (χ3v) is 9.31. The average molecular weight is 585 g/mol. The van der Waals surface area contributed by atoms with Gasteiger partial charge < -0.3 is 14.8 Å². The van der Waals surface area contributed by atoms with Crippen LogP contribution in [0.15, 0.2) is 81.1 Å². The van der Waals surface area contributed by atoms with Crippen molar-refractivity contribution >= 4 is 44.6 Å². The molecule has 0 spiro atoms. The molecule has 0 fully saturated rings. The summed E-state index contributed by atoms with van der Waals surface area (Å²) in [4.78, 5) is 38.0. The summed E-state index contributed by atoms with van der Waals surface area (Å²) in [6.45, 7) is 2.60. The van der Waals surface area contributed by atoms with Crippen LogP contribution < -0.4 is 19.9 Å². The molecule has 1 unspecified atom stereocenters. The van der Waals surface area contributed by atoms with Crippen molar-refractivity contribution in [1.82, 2.24) is 9.36 Å². The predicted molar refractivity (Wildman–Crippen MR) is 152 cm³/mol.